The van der Waals surface area contributed by atoms with Gasteiger partial charge in [-0.05, 0) is 81.3 Å². The summed E-state index contributed by atoms with van der Waals surface area (Å²) in [5, 5.41) is 3.73. The van der Waals surface area contributed by atoms with Crippen LogP contribution in [0.15, 0.2) is 23.0 Å². The van der Waals surface area contributed by atoms with Gasteiger partial charge >= 0.3 is 0 Å². The lowest BCUT2D eigenvalue weighted by molar-refractivity contribution is 0.0915. The summed E-state index contributed by atoms with van der Waals surface area (Å²) in [6.45, 7) is 4.53. The first-order valence-electron chi connectivity index (χ1n) is 9.55. The van der Waals surface area contributed by atoms with Gasteiger partial charge in [-0.15, -0.1) is 0 Å². The number of carbonyl (C=O) groups excluding carboxylic acids is 1. The lowest BCUT2D eigenvalue weighted by atomic mass is 9.84. The Morgan fingerprint density at radius 2 is 2.19 bits per heavy atom. The van der Waals surface area contributed by atoms with E-state index in [9.17, 15) is 9.59 Å². The zero-order chi connectivity index (χ0) is 18.4. The van der Waals surface area contributed by atoms with Crippen molar-refractivity contribution >= 4 is 29.0 Å². The number of benzene rings is 1. The van der Waals surface area contributed by atoms with Crippen molar-refractivity contribution in [1.29, 1.82) is 0 Å². The van der Waals surface area contributed by atoms with Crippen molar-refractivity contribution in [3.05, 3.63) is 38.9 Å². The molecule has 0 radical (unpaired) electrons. The molecule has 2 saturated carbocycles. The standard InChI is InChI=1S/C20H25N3O2S/c1-3-23-19(25)15-7-6-14(10-17(15)22-20(23)26)18(24)21-11(2)16-9-12-4-5-13(16)8-12/h6-7,10-13,16H,3-5,8-9H2,1-2H3,(H,21,24)(H,22,26)/t11-,12-,13-,16+/m0/s1. The second-order valence-electron chi connectivity index (χ2n) is 7.84. The maximum Gasteiger partial charge on any atom is 0.262 e. The number of nitrogens with zero attached hydrogens (tertiary/aromatic N) is 1. The van der Waals surface area contributed by atoms with Crippen molar-refractivity contribution in [1.82, 2.24) is 14.9 Å². The van der Waals surface area contributed by atoms with E-state index < -0.39 is 0 Å². The van der Waals surface area contributed by atoms with Crippen LogP contribution in [-0.2, 0) is 6.54 Å². The van der Waals surface area contributed by atoms with Gasteiger partial charge in [-0.2, -0.15) is 0 Å². The van der Waals surface area contributed by atoms with E-state index in [1.807, 2.05) is 6.92 Å². The minimum Gasteiger partial charge on any atom is -0.349 e. The predicted molar refractivity (Wildman–Crippen MR) is 105 cm³/mol. The van der Waals surface area contributed by atoms with Crippen molar-refractivity contribution in [2.24, 2.45) is 17.8 Å². The molecule has 1 aromatic heterocycles. The van der Waals surface area contributed by atoms with Gasteiger partial charge in [0.05, 0.1) is 10.9 Å². The van der Waals surface area contributed by atoms with Crippen LogP contribution in [0.25, 0.3) is 10.9 Å². The van der Waals surface area contributed by atoms with Gasteiger partial charge in [-0.25, -0.2) is 0 Å². The molecule has 4 rings (SSSR count). The second kappa shape index (κ2) is 6.65. The van der Waals surface area contributed by atoms with Crippen LogP contribution in [0.3, 0.4) is 0 Å². The van der Waals surface area contributed by atoms with Crippen molar-refractivity contribution in [2.45, 2.75) is 52.1 Å². The van der Waals surface area contributed by atoms with E-state index in [0.717, 1.165) is 11.8 Å². The molecule has 2 bridgehead atoms. The number of nitrogens with one attached hydrogen (secondary N) is 2. The van der Waals surface area contributed by atoms with Crippen LogP contribution in [0.4, 0.5) is 0 Å². The van der Waals surface area contributed by atoms with Crippen molar-refractivity contribution in [2.75, 3.05) is 0 Å². The van der Waals surface area contributed by atoms with Gasteiger partial charge < -0.3 is 10.3 Å². The van der Waals surface area contributed by atoms with Crippen LogP contribution in [0.5, 0.6) is 0 Å². The van der Waals surface area contributed by atoms with Gasteiger partial charge in [0.15, 0.2) is 4.77 Å². The molecule has 1 aromatic carbocycles. The minimum absolute atomic E-state index is 0.0823. The molecule has 1 amide bonds. The van der Waals surface area contributed by atoms with Crippen molar-refractivity contribution < 1.29 is 4.79 Å². The van der Waals surface area contributed by atoms with Gasteiger partial charge in [0.1, 0.15) is 0 Å². The third kappa shape index (κ3) is 2.90. The Bertz CT molecular complexity index is 977. The second-order valence-corrected chi connectivity index (χ2v) is 8.23. The van der Waals surface area contributed by atoms with Crippen LogP contribution in [-0.4, -0.2) is 21.5 Å². The molecule has 0 aliphatic heterocycles. The Balaban J connectivity index is 1.57. The third-order valence-corrected chi connectivity index (χ3v) is 6.68. The molecule has 26 heavy (non-hydrogen) atoms. The van der Waals surface area contributed by atoms with Crippen molar-refractivity contribution in [3.63, 3.8) is 0 Å². The molecule has 2 aliphatic carbocycles. The summed E-state index contributed by atoms with van der Waals surface area (Å²) in [5.41, 5.74) is 1.06. The molecule has 138 valence electrons. The largest absolute Gasteiger partial charge is 0.349 e. The van der Waals surface area contributed by atoms with E-state index in [0.29, 0.717) is 33.7 Å². The highest BCUT2D eigenvalue weighted by Gasteiger charge is 2.42. The fourth-order valence-electron chi connectivity index (χ4n) is 4.99. The summed E-state index contributed by atoms with van der Waals surface area (Å²) in [6.07, 6.45) is 5.25. The molecular formula is C20H25N3O2S. The molecule has 2 aliphatic rings. The fourth-order valence-corrected chi connectivity index (χ4v) is 5.31. The summed E-state index contributed by atoms with van der Waals surface area (Å²) in [7, 11) is 0. The average Bonchev–Trinajstić information content (AvgIpc) is 3.25. The maximum atomic E-state index is 12.7. The molecule has 1 heterocycles. The van der Waals surface area contributed by atoms with Gasteiger partial charge in [0.2, 0.25) is 0 Å². The van der Waals surface area contributed by atoms with Crippen LogP contribution in [0.2, 0.25) is 0 Å². The number of fused-ring (bicyclic) bond motifs is 3. The van der Waals surface area contributed by atoms with Crippen molar-refractivity contribution in [3.8, 4) is 0 Å². The fraction of sp³-hybridized carbons (Fsp3) is 0.550. The van der Waals surface area contributed by atoms with Crippen LogP contribution < -0.4 is 10.9 Å². The highest BCUT2D eigenvalue weighted by atomic mass is 32.1. The van der Waals surface area contributed by atoms with E-state index >= 15 is 0 Å². The van der Waals surface area contributed by atoms with E-state index in [-0.39, 0.29) is 17.5 Å². The molecule has 5 nitrogen and oxygen atoms in total. The summed E-state index contributed by atoms with van der Waals surface area (Å²) >= 11 is 5.25. The van der Waals surface area contributed by atoms with E-state index in [4.69, 9.17) is 12.2 Å². The number of H-pyrrole nitrogens is 1. The molecule has 2 aromatic rings. The Hall–Kier alpha value is -1.95. The molecule has 0 unspecified atom stereocenters. The first-order chi connectivity index (χ1) is 12.5. The normalized spacial score (nSPS) is 25.5. The number of carbonyl (C=O) groups is 1. The number of hydrogen-bond donors (Lipinski definition) is 2. The zero-order valence-corrected chi connectivity index (χ0v) is 16.1. The predicted octanol–water partition coefficient (Wildman–Crippen LogP) is 3.63. The Labute approximate surface area is 157 Å². The van der Waals surface area contributed by atoms with Gasteiger partial charge in [0.25, 0.3) is 11.5 Å². The first kappa shape index (κ1) is 17.5. The molecule has 0 saturated heterocycles. The van der Waals surface area contributed by atoms with Gasteiger partial charge in [-0.1, -0.05) is 6.42 Å². The van der Waals surface area contributed by atoms with Crippen LogP contribution in [0, 0.1) is 22.5 Å². The number of amides is 1. The first-order valence-corrected chi connectivity index (χ1v) is 9.96. The smallest absolute Gasteiger partial charge is 0.262 e. The minimum atomic E-state index is -0.117. The molecule has 2 fully saturated rings. The quantitative estimate of drug-likeness (QED) is 0.807. The molecule has 2 N–H and O–H groups in total. The number of rotatable bonds is 4. The zero-order valence-electron chi connectivity index (χ0n) is 15.2. The lowest BCUT2D eigenvalue weighted by Crippen LogP contribution is -2.40. The highest BCUT2D eigenvalue weighted by molar-refractivity contribution is 7.71. The molecule has 0 spiro atoms. The number of hydrogen-bond acceptors (Lipinski definition) is 3. The monoisotopic (exact) mass is 371 g/mol. The average molecular weight is 372 g/mol. The summed E-state index contributed by atoms with van der Waals surface area (Å²) in [5.74, 6) is 2.16. The lowest BCUT2D eigenvalue weighted by Gasteiger charge is -2.28. The van der Waals surface area contributed by atoms with Gasteiger partial charge in [0, 0.05) is 18.2 Å². The number of aromatic nitrogens is 2. The van der Waals surface area contributed by atoms with Crippen LogP contribution in [0.1, 0.15) is 49.9 Å². The Morgan fingerprint density at radius 1 is 1.38 bits per heavy atom. The third-order valence-electron chi connectivity index (χ3n) is 6.35. The summed E-state index contributed by atoms with van der Waals surface area (Å²) in [4.78, 5) is 28.3. The molecule has 4 atom stereocenters. The van der Waals surface area contributed by atoms with E-state index in [1.165, 1.54) is 30.3 Å². The topological polar surface area (TPSA) is 66.9 Å². The molecule has 6 heteroatoms. The summed E-state index contributed by atoms with van der Waals surface area (Å²) in [6, 6.07) is 5.35. The van der Waals surface area contributed by atoms with Gasteiger partial charge in [-0.3, -0.25) is 14.2 Å². The maximum absolute atomic E-state index is 12.7. The highest BCUT2D eigenvalue weighted by Crippen LogP contribution is 2.49. The Kier molecular flexibility index (Phi) is 4.47. The van der Waals surface area contributed by atoms with E-state index in [2.05, 4.69) is 17.2 Å². The van der Waals surface area contributed by atoms with E-state index in [1.54, 1.807) is 18.2 Å². The Morgan fingerprint density at radius 3 is 2.85 bits per heavy atom. The molecular weight excluding hydrogens is 346 g/mol. The number of aromatic amines is 1. The van der Waals surface area contributed by atoms with Crippen LogP contribution >= 0.6 is 12.2 Å². The summed E-state index contributed by atoms with van der Waals surface area (Å²) < 4.78 is 1.91. The SMILES string of the molecule is CCn1c(=S)[nH]c2cc(C(=O)N[C@@H](C)[C@H]3C[C@H]4CC[C@H]3C4)ccc2c1=O.